The van der Waals surface area contributed by atoms with Crippen molar-refractivity contribution in [3.8, 4) is 0 Å². The molecule has 1 aliphatic carbocycles. The zero-order valence-electron chi connectivity index (χ0n) is 6.76. The summed E-state index contributed by atoms with van der Waals surface area (Å²) < 4.78 is 57.6. The van der Waals surface area contributed by atoms with Crippen LogP contribution in [0.2, 0.25) is 0 Å². The van der Waals surface area contributed by atoms with Gasteiger partial charge in [0, 0.05) is 0 Å². The van der Waals surface area contributed by atoms with Gasteiger partial charge < -0.3 is 0 Å². The number of nitrogens with two attached hydrogens (primary N) is 1. The maximum atomic E-state index is 12.2. The molecule has 0 heterocycles. The van der Waals surface area contributed by atoms with Crippen LogP contribution < -0.4 is 5.14 Å². The first-order valence-corrected chi connectivity index (χ1v) is 5.45. The van der Waals surface area contributed by atoms with Gasteiger partial charge in [0.1, 0.15) is 0 Å². The number of rotatable bonds is 3. The van der Waals surface area contributed by atoms with Gasteiger partial charge in [-0.3, -0.25) is 0 Å². The van der Waals surface area contributed by atoms with Crippen molar-refractivity contribution in [2.45, 2.75) is 25.4 Å². The van der Waals surface area contributed by atoms with E-state index in [0.29, 0.717) is 0 Å². The number of sulfonamides is 1. The van der Waals surface area contributed by atoms with Crippen LogP contribution in [0.15, 0.2) is 0 Å². The van der Waals surface area contributed by atoms with Crippen LogP contribution in [0.1, 0.15) is 19.3 Å². The Hall–Kier alpha value is -0.300. The Kier molecular flexibility index (Phi) is 2.36. The molecule has 0 amide bonds. The van der Waals surface area contributed by atoms with Gasteiger partial charge in [-0.25, -0.2) is 13.6 Å². The summed E-state index contributed by atoms with van der Waals surface area (Å²) in [5.41, 5.74) is -1.76. The lowest BCUT2D eigenvalue weighted by atomic mass is 10.0. The molecule has 1 saturated carbocycles. The van der Waals surface area contributed by atoms with Crippen molar-refractivity contribution in [1.82, 2.24) is 0 Å². The first kappa shape index (κ1) is 10.8. The molecule has 13 heavy (non-hydrogen) atoms. The van der Waals surface area contributed by atoms with Gasteiger partial charge in [0.05, 0.1) is 11.2 Å². The van der Waals surface area contributed by atoms with Crippen LogP contribution in [0.3, 0.4) is 0 Å². The van der Waals surface area contributed by atoms with E-state index >= 15 is 0 Å². The van der Waals surface area contributed by atoms with Crippen LogP contribution in [0.4, 0.5) is 13.2 Å². The largest absolute Gasteiger partial charge is 0.394 e. The SMILES string of the molecule is NS(=O)(=O)CCC1(C(F)(F)F)CC1. The Balaban J connectivity index is 2.56. The lowest BCUT2D eigenvalue weighted by Crippen LogP contribution is -2.28. The van der Waals surface area contributed by atoms with Crippen LogP contribution in [0.25, 0.3) is 0 Å². The molecule has 0 unspecified atom stereocenters. The number of primary sulfonamides is 1. The van der Waals surface area contributed by atoms with E-state index in [-0.39, 0.29) is 12.8 Å². The first-order valence-electron chi connectivity index (χ1n) is 3.74. The fraction of sp³-hybridized carbons (Fsp3) is 1.00. The standard InChI is InChI=1S/C6H10F3NO2S/c7-6(8,9)5(1-2-5)3-4-13(10,11)12/h1-4H2,(H2,10,11,12). The lowest BCUT2D eigenvalue weighted by molar-refractivity contribution is -0.187. The van der Waals surface area contributed by atoms with E-state index in [0.717, 1.165) is 0 Å². The molecule has 0 aromatic carbocycles. The quantitative estimate of drug-likeness (QED) is 0.766. The molecule has 0 aromatic rings. The molecule has 0 radical (unpaired) electrons. The van der Waals surface area contributed by atoms with Crippen molar-refractivity contribution < 1.29 is 21.6 Å². The number of alkyl halides is 3. The summed E-state index contributed by atoms with van der Waals surface area (Å²) in [4.78, 5) is 0. The van der Waals surface area contributed by atoms with Gasteiger partial charge in [-0.1, -0.05) is 0 Å². The Labute approximate surface area is 74.2 Å². The molecule has 7 heteroatoms. The fourth-order valence-corrected chi connectivity index (χ4v) is 1.84. The first-order chi connectivity index (χ1) is 5.66. The third kappa shape index (κ3) is 2.57. The Morgan fingerprint density at radius 3 is 2.00 bits per heavy atom. The van der Waals surface area contributed by atoms with Gasteiger partial charge in [-0.2, -0.15) is 13.2 Å². The zero-order valence-corrected chi connectivity index (χ0v) is 7.58. The van der Waals surface area contributed by atoms with Crippen LogP contribution in [-0.4, -0.2) is 20.3 Å². The van der Waals surface area contributed by atoms with E-state index in [9.17, 15) is 21.6 Å². The highest BCUT2D eigenvalue weighted by Crippen LogP contribution is 2.59. The maximum absolute atomic E-state index is 12.2. The fourth-order valence-electron chi connectivity index (χ4n) is 1.16. The van der Waals surface area contributed by atoms with Crippen molar-refractivity contribution in [3.05, 3.63) is 0 Å². The Bertz CT molecular complexity index is 291. The molecule has 0 bridgehead atoms. The smallest absolute Gasteiger partial charge is 0.229 e. The third-order valence-electron chi connectivity index (χ3n) is 2.32. The maximum Gasteiger partial charge on any atom is 0.394 e. The molecule has 0 spiro atoms. The highest BCUT2D eigenvalue weighted by molar-refractivity contribution is 7.89. The molecule has 3 nitrogen and oxygen atoms in total. The minimum absolute atomic E-state index is 0.0199. The average Bonchev–Trinajstić information content (AvgIpc) is 2.58. The Morgan fingerprint density at radius 2 is 1.77 bits per heavy atom. The van der Waals surface area contributed by atoms with Crippen molar-refractivity contribution in [1.29, 1.82) is 0 Å². The summed E-state index contributed by atoms with van der Waals surface area (Å²) in [5, 5.41) is 4.62. The molecule has 1 rings (SSSR count). The van der Waals surface area contributed by atoms with E-state index in [2.05, 4.69) is 5.14 Å². The molecule has 1 fully saturated rings. The van der Waals surface area contributed by atoms with Crippen LogP contribution in [-0.2, 0) is 10.0 Å². The zero-order chi connectivity index (χ0) is 10.3. The number of hydrogen-bond acceptors (Lipinski definition) is 2. The summed E-state index contributed by atoms with van der Waals surface area (Å²) in [7, 11) is -3.78. The molecular weight excluding hydrogens is 207 g/mol. The van der Waals surface area contributed by atoms with Crippen LogP contribution >= 0.6 is 0 Å². The summed E-state index contributed by atoms with van der Waals surface area (Å²) in [6, 6.07) is 0. The molecule has 0 atom stereocenters. The van der Waals surface area contributed by atoms with E-state index in [4.69, 9.17) is 0 Å². The van der Waals surface area contributed by atoms with Crippen molar-refractivity contribution in [3.63, 3.8) is 0 Å². The van der Waals surface area contributed by atoms with E-state index in [1.54, 1.807) is 0 Å². The van der Waals surface area contributed by atoms with Gasteiger partial charge in [0.15, 0.2) is 0 Å². The highest BCUT2D eigenvalue weighted by atomic mass is 32.2. The van der Waals surface area contributed by atoms with Gasteiger partial charge in [-0.15, -0.1) is 0 Å². The van der Waals surface area contributed by atoms with Crippen LogP contribution in [0.5, 0.6) is 0 Å². The van der Waals surface area contributed by atoms with Crippen LogP contribution in [0, 0.1) is 5.41 Å². The molecule has 0 saturated heterocycles. The van der Waals surface area contributed by atoms with Crippen molar-refractivity contribution in [2.24, 2.45) is 10.6 Å². The molecule has 78 valence electrons. The van der Waals surface area contributed by atoms with Gasteiger partial charge in [0.2, 0.25) is 10.0 Å². The normalized spacial score (nSPS) is 21.5. The molecule has 1 aliphatic rings. The van der Waals surface area contributed by atoms with E-state index < -0.39 is 33.8 Å². The van der Waals surface area contributed by atoms with Gasteiger partial charge in [-0.05, 0) is 19.3 Å². The lowest BCUT2D eigenvalue weighted by Gasteiger charge is -2.17. The number of hydrogen-bond donors (Lipinski definition) is 1. The minimum atomic E-state index is -4.29. The highest BCUT2D eigenvalue weighted by Gasteiger charge is 2.62. The summed E-state index contributed by atoms with van der Waals surface area (Å²) in [6.07, 6.45) is -4.66. The second kappa shape index (κ2) is 2.84. The van der Waals surface area contributed by atoms with Gasteiger partial charge >= 0.3 is 6.18 Å². The molecule has 2 N–H and O–H groups in total. The summed E-state index contributed by atoms with van der Waals surface area (Å²) in [6.45, 7) is 0. The summed E-state index contributed by atoms with van der Waals surface area (Å²) in [5.74, 6) is -0.591. The van der Waals surface area contributed by atoms with Crippen molar-refractivity contribution in [2.75, 3.05) is 5.75 Å². The monoisotopic (exact) mass is 217 g/mol. The average molecular weight is 217 g/mol. The molecule has 0 aliphatic heterocycles. The van der Waals surface area contributed by atoms with E-state index in [1.807, 2.05) is 0 Å². The Morgan fingerprint density at radius 1 is 1.31 bits per heavy atom. The van der Waals surface area contributed by atoms with Gasteiger partial charge in [0.25, 0.3) is 0 Å². The number of halogens is 3. The predicted molar refractivity (Wildman–Crippen MR) is 40.3 cm³/mol. The molecule has 0 aromatic heterocycles. The predicted octanol–water partition coefficient (Wildman–Crippen LogP) is 1.01. The minimum Gasteiger partial charge on any atom is -0.229 e. The second-order valence-corrected chi connectivity index (χ2v) is 5.13. The second-order valence-electron chi connectivity index (χ2n) is 3.40. The van der Waals surface area contributed by atoms with Crippen molar-refractivity contribution >= 4 is 10.0 Å². The molecular formula is C6H10F3NO2S. The van der Waals surface area contributed by atoms with E-state index in [1.165, 1.54) is 0 Å². The third-order valence-corrected chi connectivity index (χ3v) is 3.09. The topological polar surface area (TPSA) is 60.2 Å². The summed E-state index contributed by atoms with van der Waals surface area (Å²) >= 11 is 0.